The average Bonchev–Trinajstić information content (AvgIpc) is 2.91. The standard InChI is InChI=1S/C16H23N3OS/c1-2-20-13-6-7-14-15(11-13)19-16(18-14)21-10-8-12-5-3-4-9-17-12/h6-7,11-12,17H,2-5,8-10H2,1H3,(H,18,19). The first-order chi connectivity index (χ1) is 10.3. The van der Waals surface area contributed by atoms with Gasteiger partial charge in [0.1, 0.15) is 5.75 Å². The normalized spacial score (nSPS) is 19.0. The molecular weight excluding hydrogens is 282 g/mol. The van der Waals surface area contributed by atoms with Gasteiger partial charge in [-0.05, 0) is 44.9 Å². The summed E-state index contributed by atoms with van der Waals surface area (Å²) in [4.78, 5) is 8.01. The van der Waals surface area contributed by atoms with Crippen molar-refractivity contribution in [2.45, 2.75) is 43.8 Å². The highest BCUT2D eigenvalue weighted by atomic mass is 32.2. The van der Waals surface area contributed by atoms with E-state index in [1.165, 1.54) is 32.2 Å². The Balaban J connectivity index is 1.56. The van der Waals surface area contributed by atoms with E-state index < -0.39 is 0 Å². The summed E-state index contributed by atoms with van der Waals surface area (Å²) < 4.78 is 5.52. The molecule has 2 heterocycles. The lowest BCUT2D eigenvalue weighted by Crippen LogP contribution is -2.34. The predicted molar refractivity (Wildman–Crippen MR) is 88.2 cm³/mol. The fourth-order valence-electron chi connectivity index (χ4n) is 2.76. The fourth-order valence-corrected chi connectivity index (χ4v) is 3.70. The number of ether oxygens (including phenoxy) is 1. The smallest absolute Gasteiger partial charge is 0.166 e. The van der Waals surface area contributed by atoms with Gasteiger partial charge in [0, 0.05) is 17.9 Å². The van der Waals surface area contributed by atoms with Crippen molar-refractivity contribution < 1.29 is 4.74 Å². The Morgan fingerprint density at radius 2 is 2.33 bits per heavy atom. The highest BCUT2D eigenvalue weighted by Crippen LogP contribution is 2.24. The summed E-state index contributed by atoms with van der Waals surface area (Å²) in [5.41, 5.74) is 2.07. The molecule has 21 heavy (non-hydrogen) atoms. The molecule has 1 fully saturated rings. The van der Waals surface area contributed by atoms with Crippen molar-refractivity contribution in [3.05, 3.63) is 18.2 Å². The molecule has 1 unspecified atom stereocenters. The lowest BCUT2D eigenvalue weighted by atomic mass is 10.0. The van der Waals surface area contributed by atoms with Crippen LogP contribution in [0.3, 0.4) is 0 Å². The molecule has 5 heteroatoms. The molecule has 3 rings (SSSR count). The minimum absolute atomic E-state index is 0.690. The third-order valence-electron chi connectivity index (χ3n) is 3.86. The van der Waals surface area contributed by atoms with E-state index in [1.54, 1.807) is 0 Å². The van der Waals surface area contributed by atoms with E-state index in [4.69, 9.17) is 4.74 Å². The van der Waals surface area contributed by atoms with E-state index in [2.05, 4.69) is 15.3 Å². The van der Waals surface area contributed by atoms with Crippen LogP contribution in [0.2, 0.25) is 0 Å². The van der Waals surface area contributed by atoms with E-state index in [1.807, 2.05) is 36.9 Å². The Bertz CT molecular complexity index is 578. The Labute approximate surface area is 130 Å². The number of hydrogen-bond donors (Lipinski definition) is 2. The zero-order valence-corrected chi connectivity index (χ0v) is 13.3. The van der Waals surface area contributed by atoms with Gasteiger partial charge in [0.05, 0.1) is 17.6 Å². The van der Waals surface area contributed by atoms with Gasteiger partial charge >= 0.3 is 0 Å². The number of H-pyrrole nitrogens is 1. The average molecular weight is 305 g/mol. The first kappa shape index (κ1) is 14.7. The summed E-state index contributed by atoms with van der Waals surface area (Å²) >= 11 is 1.81. The summed E-state index contributed by atoms with van der Waals surface area (Å²) in [5, 5.41) is 4.60. The molecule has 1 aliphatic rings. The van der Waals surface area contributed by atoms with Crippen LogP contribution in [0, 0.1) is 0 Å². The molecule has 2 N–H and O–H groups in total. The van der Waals surface area contributed by atoms with Gasteiger partial charge in [0.15, 0.2) is 5.16 Å². The number of fused-ring (bicyclic) bond motifs is 1. The van der Waals surface area contributed by atoms with Gasteiger partial charge in [-0.25, -0.2) is 4.98 Å². The SMILES string of the molecule is CCOc1ccc2nc(SCCC3CCCCN3)[nH]c2c1. The third-order valence-corrected chi connectivity index (χ3v) is 4.77. The number of piperidine rings is 1. The Hall–Kier alpha value is -1.20. The molecule has 0 bridgehead atoms. The molecule has 0 saturated carbocycles. The molecule has 0 radical (unpaired) electrons. The summed E-state index contributed by atoms with van der Waals surface area (Å²) in [7, 11) is 0. The van der Waals surface area contributed by atoms with Gasteiger partial charge in [-0.3, -0.25) is 0 Å². The number of benzene rings is 1. The van der Waals surface area contributed by atoms with Crippen LogP contribution in [-0.4, -0.2) is 34.9 Å². The minimum atomic E-state index is 0.690. The van der Waals surface area contributed by atoms with E-state index in [0.29, 0.717) is 12.6 Å². The van der Waals surface area contributed by atoms with Crippen molar-refractivity contribution in [1.82, 2.24) is 15.3 Å². The summed E-state index contributed by atoms with van der Waals surface area (Å²) in [6.45, 7) is 3.87. The van der Waals surface area contributed by atoms with Gasteiger partial charge in [0.2, 0.25) is 0 Å². The summed E-state index contributed by atoms with van der Waals surface area (Å²) in [6.07, 6.45) is 5.23. The van der Waals surface area contributed by atoms with Crippen LogP contribution >= 0.6 is 11.8 Å². The number of aromatic amines is 1. The van der Waals surface area contributed by atoms with Crippen LogP contribution in [0.25, 0.3) is 11.0 Å². The fraction of sp³-hybridized carbons (Fsp3) is 0.562. The van der Waals surface area contributed by atoms with Gasteiger partial charge in [-0.2, -0.15) is 0 Å². The maximum absolute atomic E-state index is 5.52. The lowest BCUT2D eigenvalue weighted by Gasteiger charge is -2.22. The molecule has 1 atom stereocenters. The quantitative estimate of drug-likeness (QED) is 0.801. The molecule has 0 amide bonds. The molecule has 1 saturated heterocycles. The molecule has 1 aromatic heterocycles. The second-order valence-electron chi connectivity index (χ2n) is 5.44. The summed E-state index contributed by atoms with van der Waals surface area (Å²) in [6, 6.07) is 6.72. The number of nitrogens with zero attached hydrogens (tertiary/aromatic N) is 1. The van der Waals surface area contributed by atoms with Gasteiger partial charge in [-0.15, -0.1) is 0 Å². The third kappa shape index (κ3) is 3.92. The molecule has 0 spiro atoms. The van der Waals surface area contributed by atoms with Crippen molar-refractivity contribution in [2.24, 2.45) is 0 Å². The van der Waals surface area contributed by atoms with E-state index in [-0.39, 0.29) is 0 Å². The van der Waals surface area contributed by atoms with Gasteiger partial charge < -0.3 is 15.0 Å². The van der Waals surface area contributed by atoms with Gasteiger partial charge in [0.25, 0.3) is 0 Å². The molecule has 4 nitrogen and oxygen atoms in total. The number of rotatable bonds is 6. The van der Waals surface area contributed by atoms with Crippen LogP contribution < -0.4 is 10.1 Å². The van der Waals surface area contributed by atoms with Crippen molar-refractivity contribution in [3.63, 3.8) is 0 Å². The van der Waals surface area contributed by atoms with E-state index in [0.717, 1.165) is 27.7 Å². The number of aromatic nitrogens is 2. The van der Waals surface area contributed by atoms with Crippen LogP contribution in [-0.2, 0) is 0 Å². The van der Waals surface area contributed by atoms with Crippen LogP contribution in [0.1, 0.15) is 32.6 Å². The first-order valence-corrected chi connectivity index (χ1v) is 8.82. The maximum atomic E-state index is 5.52. The molecule has 1 aromatic carbocycles. The van der Waals surface area contributed by atoms with Crippen molar-refractivity contribution in [3.8, 4) is 5.75 Å². The first-order valence-electron chi connectivity index (χ1n) is 7.84. The van der Waals surface area contributed by atoms with Crippen LogP contribution in [0.4, 0.5) is 0 Å². The van der Waals surface area contributed by atoms with Crippen molar-refractivity contribution >= 4 is 22.8 Å². The highest BCUT2D eigenvalue weighted by molar-refractivity contribution is 7.99. The Morgan fingerprint density at radius 1 is 1.38 bits per heavy atom. The largest absolute Gasteiger partial charge is 0.494 e. The number of hydrogen-bond acceptors (Lipinski definition) is 4. The maximum Gasteiger partial charge on any atom is 0.166 e. The molecule has 2 aromatic rings. The van der Waals surface area contributed by atoms with Crippen molar-refractivity contribution in [2.75, 3.05) is 18.9 Å². The number of nitrogens with one attached hydrogen (secondary N) is 2. The number of imidazole rings is 1. The molecule has 1 aliphatic heterocycles. The molecule has 0 aliphatic carbocycles. The van der Waals surface area contributed by atoms with Crippen LogP contribution in [0.15, 0.2) is 23.4 Å². The monoisotopic (exact) mass is 305 g/mol. The summed E-state index contributed by atoms with van der Waals surface area (Å²) in [5.74, 6) is 2.01. The highest BCUT2D eigenvalue weighted by Gasteiger charge is 2.12. The zero-order chi connectivity index (χ0) is 14.5. The predicted octanol–water partition coefficient (Wildman–Crippen LogP) is 3.59. The zero-order valence-electron chi connectivity index (χ0n) is 12.5. The number of thioether (sulfide) groups is 1. The lowest BCUT2D eigenvalue weighted by molar-refractivity contribution is 0.340. The topological polar surface area (TPSA) is 49.9 Å². The molecule has 114 valence electrons. The Morgan fingerprint density at radius 3 is 3.14 bits per heavy atom. The minimum Gasteiger partial charge on any atom is -0.494 e. The second-order valence-corrected chi connectivity index (χ2v) is 6.52. The van der Waals surface area contributed by atoms with Crippen molar-refractivity contribution in [1.29, 1.82) is 0 Å². The van der Waals surface area contributed by atoms with Gasteiger partial charge in [-0.1, -0.05) is 18.2 Å². The molecular formula is C16H23N3OS. The Kier molecular flexibility index (Phi) is 5.04. The van der Waals surface area contributed by atoms with Crippen LogP contribution in [0.5, 0.6) is 5.75 Å². The van der Waals surface area contributed by atoms with E-state index >= 15 is 0 Å². The van der Waals surface area contributed by atoms with E-state index in [9.17, 15) is 0 Å². The second kappa shape index (κ2) is 7.18.